The first kappa shape index (κ1) is 14.8. The Balaban J connectivity index is 1.72. The van der Waals surface area contributed by atoms with Gasteiger partial charge in [0, 0.05) is 23.5 Å². The van der Waals surface area contributed by atoms with E-state index in [9.17, 15) is 0 Å². The van der Waals surface area contributed by atoms with E-state index in [2.05, 4.69) is 51.8 Å². The van der Waals surface area contributed by atoms with Crippen molar-refractivity contribution in [3.8, 4) is 0 Å². The first-order valence-corrected chi connectivity index (χ1v) is 8.15. The molecule has 1 heterocycles. The van der Waals surface area contributed by atoms with Crippen LogP contribution in [-0.4, -0.2) is 16.0 Å². The number of aryl methyl sites for hydroxylation is 2. The van der Waals surface area contributed by atoms with Gasteiger partial charge in [0.2, 0.25) is 5.95 Å². The van der Waals surface area contributed by atoms with Crippen molar-refractivity contribution in [2.45, 2.75) is 52.0 Å². The number of nitrogens with one attached hydrogen (secondary N) is 2. The summed E-state index contributed by atoms with van der Waals surface area (Å²) in [6.45, 7) is 4.09. The smallest absolute Gasteiger partial charge is 0.229 e. The lowest BCUT2D eigenvalue weighted by molar-refractivity contribution is 0.462. The van der Waals surface area contributed by atoms with Gasteiger partial charge in [-0.15, -0.1) is 0 Å². The highest BCUT2D eigenvalue weighted by Crippen LogP contribution is 2.22. The highest BCUT2D eigenvalue weighted by atomic mass is 15.1. The molecule has 1 fully saturated rings. The molecule has 0 atom stereocenters. The molecule has 4 nitrogen and oxygen atoms in total. The predicted molar refractivity (Wildman–Crippen MR) is 91.7 cm³/mol. The molecule has 1 aromatic heterocycles. The molecule has 1 aromatic carbocycles. The number of benzene rings is 1. The van der Waals surface area contributed by atoms with E-state index < -0.39 is 0 Å². The standard InChI is InChI=1S/C18H24N4/c1-13-8-10-16(11-9-13)21-18-19-14(2)12-17(22-18)20-15-6-4-3-5-7-15/h8-12,15H,3-7H2,1-2H3,(H2,19,20,21,22). The van der Waals surface area contributed by atoms with Crippen LogP contribution >= 0.6 is 0 Å². The monoisotopic (exact) mass is 296 g/mol. The predicted octanol–water partition coefficient (Wildman–Crippen LogP) is 4.58. The van der Waals surface area contributed by atoms with E-state index in [1.807, 2.05) is 13.0 Å². The molecular weight excluding hydrogens is 272 g/mol. The summed E-state index contributed by atoms with van der Waals surface area (Å²) in [5.74, 6) is 1.58. The SMILES string of the molecule is Cc1ccc(Nc2nc(C)cc(NC3CCCCC3)n2)cc1. The van der Waals surface area contributed by atoms with Gasteiger partial charge in [-0.1, -0.05) is 37.0 Å². The summed E-state index contributed by atoms with van der Waals surface area (Å²) >= 11 is 0. The minimum Gasteiger partial charge on any atom is -0.367 e. The average Bonchev–Trinajstić information content (AvgIpc) is 2.50. The van der Waals surface area contributed by atoms with Crippen LogP contribution in [0.25, 0.3) is 0 Å². The molecule has 3 rings (SSSR count). The fraction of sp³-hybridized carbons (Fsp3) is 0.444. The van der Waals surface area contributed by atoms with Crippen molar-refractivity contribution in [2.75, 3.05) is 10.6 Å². The van der Waals surface area contributed by atoms with Crippen LogP contribution in [0.3, 0.4) is 0 Å². The van der Waals surface area contributed by atoms with Crippen LogP contribution in [-0.2, 0) is 0 Å². The van der Waals surface area contributed by atoms with Gasteiger partial charge in [-0.05, 0) is 38.8 Å². The van der Waals surface area contributed by atoms with E-state index in [1.54, 1.807) is 0 Å². The lowest BCUT2D eigenvalue weighted by Gasteiger charge is -2.23. The molecule has 0 spiro atoms. The molecule has 1 aliphatic carbocycles. The Bertz CT molecular complexity index is 615. The summed E-state index contributed by atoms with van der Waals surface area (Å²) in [7, 11) is 0. The highest BCUT2D eigenvalue weighted by Gasteiger charge is 2.14. The van der Waals surface area contributed by atoms with Gasteiger partial charge in [-0.3, -0.25) is 0 Å². The second kappa shape index (κ2) is 6.77. The maximum Gasteiger partial charge on any atom is 0.229 e. The van der Waals surface area contributed by atoms with Gasteiger partial charge in [-0.25, -0.2) is 4.98 Å². The van der Waals surface area contributed by atoms with Gasteiger partial charge in [0.05, 0.1) is 0 Å². The lowest BCUT2D eigenvalue weighted by atomic mass is 9.95. The van der Waals surface area contributed by atoms with E-state index >= 15 is 0 Å². The molecular formula is C18H24N4. The zero-order chi connectivity index (χ0) is 15.4. The topological polar surface area (TPSA) is 49.8 Å². The van der Waals surface area contributed by atoms with Crippen molar-refractivity contribution in [3.63, 3.8) is 0 Å². The molecule has 22 heavy (non-hydrogen) atoms. The zero-order valence-electron chi connectivity index (χ0n) is 13.4. The third kappa shape index (κ3) is 3.97. The van der Waals surface area contributed by atoms with Gasteiger partial charge in [0.1, 0.15) is 5.82 Å². The Morgan fingerprint density at radius 2 is 1.68 bits per heavy atom. The zero-order valence-corrected chi connectivity index (χ0v) is 13.4. The normalized spacial score (nSPS) is 15.5. The second-order valence-corrected chi connectivity index (χ2v) is 6.19. The summed E-state index contributed by atoms with van der Waals surface area (Å²) in [5, 5.41) is 6.85. The molecule has 0 bridgehead atoms. The van der Waals surface area contributed by atoms with Gasteiger partial charge < -0.3 is 10.6 Å². The van der Waals surface area contributed by atoms with Gasteiger partial charge in [0.25, 0.3) is 0 Å². The highest BCUT2D eigenvalue weighted by molar-refractivity contribution is 5.55. The van der Waals surface area contributed by atoms with Crippen LogP contribution < -0.4 is 10.6 Å². The largest absolute Gasteiger partial charge is 0.367 e. The van der Waals surface area contributed by atoms with E-state index in [1.165, 1.54) is 37.7 Å². The van der Waals surface area contributed by atoms with Crippen molar-refractivity contribution in [1.82, 2.24) is 9.97 Å². The Morgan fingerprint density at radius 1 is 0.955 bits per heavy atom. The van der Waals surface area contributed by atoms with Crippen LogP contribution in [0, 0.1) is 13.8 Å². The van der Waals surface area contributed by atoms with Gasteiger partial charge in [0.15, 0.2) is 0 Å². The number of anilines is 3. The average molecular weight is 296 g/mol. The Morgan fingerprint density at radius 3 is 2.41 bits per heavy atom. The first-order valence-electron chi connectivity index (χ1n) is 8.15. The van der Waals surface area contributed by atoms with Gasteiger partial charge in [-0.2, -0.15) is 4.98 Å². The number of rotatable bonds is 4. The summed E-state index contributed by atoms with van der Waals surface area (Å²) in [4.78, 5) is 9.09. The summed E-state index contributed by atoms with van der Waals surface area (Å²) in [6, 6.07) is 10.8. The van der Waals surface area contributed by atoms with Crippen molar-refractivity contribution in [3.05, 3.63) is 41.6 Å². The first-order chi connectivity index (χ1) is 10.7. The van der Waals surface area contributed by atoms with Crippen LogP contribution in [0.4, 0.5) is 17.5 Å². The molecule has 0 radical (unpaired) electrons. The third-order valence-electron chi connectivity index (χ3n) is 4.12. The van der Waals surface area contributed by atoms with Crippen molar-refractivity contribution in [1.29, 1.82) is 0 Å². The Hall–Kier alpha value is -2.10. The number of nitrogens with zero attached hydrogens (tertiary/aromatic N) is 2. The van der Waals surface area contributed by atoms with Crippen molar-refractivity contribution in [2.24, 2.45) is 0 Å². The minimum absolute atomic E-state index is 0.551. The van der Waals surface area contributed by atoms with Crippen LogP contribution in [0.1, 0.15) is 43.4 Å². The molecule has 2 aromatic rings. The molecule has 0 unspecified atom stereocenters. The molecule has 4 heteroatoms. The van der Waals surface area contributed by atoms with Crippen LogP contribution in [0.15, 0.2) is 30.3 Å². The maximum absolute atomic E-state index is 4.61. The number of hydrogen-bond acceptors (Lipinski definition) is 4. The molecule has 116 valence electrons. The Kier molecular flexibility index (Phi) is 4.56. The quantitative estimate of drug-likeness (QED) is 0.867. The fourth-order valence-corrected chi connectivity index (χ4v) is 2.92. The van der Waals surface area contributed by atoms with Crippen LogP contribution in [0.5, 0.6) is 0 Å². The molecule has 2 N–H and O–H groups in total. The van der Waals surface area contributed by atoms with Crippen LogP contribution in [0.2, 0.25) is 0 Å². The minimum atomic E-state index is 0.551. The molecule has 1 aliphatic rings. The molecule has 0 amide bonds. The molecule has 0 saturated heterocycles. The summed E-state index contributed by atoms with van der Waals surface area (Å²) < 4.78 is 0. The van der Waals surface area contributed by atoms with Crippen molar-refractivity contribution < 1.29 is 0 Å². The third-order valence-corrected chi connectivity index (χ3v) is 4.12. The Labute approximate surface area is 132 Å². The molecule has 1 saturated carbocycles. The lowest BCUT2D eigenvalue weighted by Crippen LogP contribution is -2.23. The van der Waals surface area contributed by atoms with Gasteiger partial charge >= 0.3 is 0 Å². The van der Waals surface area contributed by atoms with E-state index in [-0.39, 0.29) is 0 Å². The summed E-state index contributed by atoms with van der Waals surface area (Å²) in [6.07, 6.45) is 6.47. The summed E-state index contributed by atoms with van der Waals surface area (Å²) in [5.41, 5.74) is 3.23. The maximum atomic E-state index is 4.61. The molecule has 0 aliphatic heterocycles. The number of aromatic nitrogens is 2. The van der Waals surface area contributed by atoms with E-state index in [0.29, 0.717) is 12.0 Å². The van der Waals surface area contributed by atoms with E-state index in [0.717, 1.165) is 17.2 Å². The fourth-order valence-electron chi connectivity index (χ4n) is 2.92. The number of hydrogen-bond donors (Lipinski definition) is 2. The van der Waals surface area contributed by atoms with Crippen molar-refractivity contribution >= 4 is 17.5 Å². The second-order valence-electron chi connectivity index (χ2n) is 6.19. The van der Waals surface area contributed by atoms with E-state index in [4.69, 9.17) is 0 Å².